The van der Waals surface area contributed by atoms with E-state index >= 15 is 0 Å². The summed E-state index contributed by atoms with van der Waals surface area (Å²) in [6.07, 6.45) is 3.19. The number of halogens is 1. The predicted molar refractivity (Wildman–Crippen MR) is 71.7 cm³/mol. The van der Waals surface area contributed by atoms with Crippen LogP contribution in [0.2, 0.25) is 5.02 Å². The smallest absolute Gasteiger partial charge is 0.238 e. The molecular weight excluding hydrogens is 250 g/mol. The molecule has 0 heterocycles. The van der Waals surface area contributed by atoms with Gasteiger partial charge in [0.25, 0.3) is 0 Å². The van der Waals surface area contributed by atoms with E-state index in [1.807, 2.05) is 0 Å². The molecule has 1 amide bonds. The second-order valence-electron chi connectivity index (χ2n) is 4.81. The van der Waals surface area contributed by atoms with Crippen molar-refractivity contribution in [3.05, 3.63) is 29.3 Å². The van der Waals surface area contributed by atoms with Crippen LogP contribution in [0.5, 0.6) is 0 Å². The molecule has 1 aliphatic carbocycles. The first-order valence-electron chi connectivity index (χ1n) is 6.13. The van der Waals surface area contributed by atoms with Crippen molar-refractivity contribution in [3.8, 4) is 0 Å². The summed E-state index contributed by atoms with van der Waals surface area (Å²) in [6, 6.07) is 6.91. The maximum Gasteiger partial charge on any atom is 0.238 e. The average molecular weight is 266 g/mol. The van der Waals surface area contributed by atoms with E-state index in [4.69, 9.17) is 11.6 Å². The molecule has 1 aliphatic rings. The monoisotopic (exact) mass is 265 g/mol. The minimum atomic E-state index is -0.820. The Kier molecular flexibility index (Phi) is 3.71. The Balaban J connectivity index is 2.15. The molecule has 1 fully saturated rings. The van der Waals surface area contributed by atoms with Gasteiger partial charge in [-0.1, -0.05) is 24.4 Å². The van der Waals surface area contributed by atoms with E-state index in [0.29, 0.717) is 23.6 Å². The van der Waals surface area contributed by atoms with Crippen LogP contribution in [-0.2, 0) is 9.59 Å². The summed E-state index contributed by atoms with van der Waals surface area (Å²) in [7, 11) is 0. The molecule has 1 aromatic rings. The zero-order chi connectivity index (χ0) is 13.2. The highest BCUT2D eigenvalue weighted by Crippen LogP contribution is 2.40. The summed E-state index contributed by atoms with van der Waals surface area (Å²) in [4.78, 5) is 24.1. The highest BCUT2D eigenvalue weighted by Gasteiger charge is 2.45. The lowest BCUT2D eigenvalue weighted by Crippen LogP contribution is -2.39. The zero-order valence-electron chi connectivity index (χ0n) is 10.3. The molecule has 2 rings (SSSR count). The lowest BCUT2D eigenvalue weighted by atomic mass is 9.81. The number of amides is 1. The van der Waals surface area contributed by atoms with E-state index in [1.165, 1.54) is 6.92 Å². The molecule has 4 heteroatoms. The third kappa shape index (κ3) is 2.41. The Morgan fingerprint density at radius 3 is 2.22 bits per heavy atom. The maximum absolute atomic E-state index is 12.3. The van der Waals surface area contributed by atoms with Crippen LogP contribution in [0.15, 0.2) is 24.3 Å². The topological polar surface area (TPSA) is 46.2 Å². The third-order valence-electron chi connectivity index (χ3n) is 3.67. The molecule has 0 atom stereocenters. The summed E-state index contributed by atoms with van der Waals surface area (Å²) in [6.45, 7) is 1.51. The first-order chi connectivity index (χ1) is 8.54. The zero-order valence-corrected chi connectivity index (χ0v) is 11.1. The summed E-state index contributed by atoms with van der Waals surface area (Å²) >= 11 is 5.79. The lowest BCUT2D eigenvalue weighted by molar-refractivity contribution is -0.137. The second kappa shape index (κ2) is 5.11. The van der Waals surface area contributed by atoms with Crippen molar-refractivity contribution in [2.24, 2.45) is 5.41 Å². The van der Waals surface area contributed by atoms with Gasteiger partial charge in [-0.25, -0.2) is 0 Å². The van der Waals surface area contributed by atoms with E-state index in [0.717, 1.165) is 12.8 Å². The molecular formula is C14H16ClNO2. The molecule has 0 spiro atoms. The van der Waals surface area contributed by atoms with Crippen molar-refractivity contribution in [2.75, 3.05) is 5.32 Å². The highest BCUT2D eigenvalue weighted by molar-refractivity contribution is 6.30. The van der Waals surface area contributed by atoms with E-state index in [-0.39, 0.29) is 11.7 Å². The normalized spacial score (nSPS) is 17.4. The Labute approximate surface area is 112 Å². The van der Waals surface area contributed by atoms with Crippen LogP contribution in [0.4, 0.5) is 5.69 Å². The van der Waals surface area contributed by atoms with Gasteiger partial charge in [-0.15, -0.1) is 0 Å². The van der Waals surface area contributed by atoms with Gasteiger partial charge in [0.1, 0.15) is 11.2 Å². The fourth-order valence-corrected chi connectivity index (χ4v) is 2.63. The van der Waals surface area contributed by atoms with Gasteiger partial charge in [-0.05, 0) is 44.0 Å². The van der Waals surface area contributed by atoms with Gasteiger partial charge in [0.2, 0.25) is 5.91 Å². The lowest BCUT2D eigenvalue weighted by Gasteiger charge is -2.24. The Morgan fingerprint density at radius 1 is 1.17 bits per heavy atom. The molecule has 0 aliphatic heterocycles. The number of ketones is 1. The molecule has 96 valence electrons. The van der Waals surface area contributed by atoms with Gasteiger partial charge in [-0.3, -0.25) is 9.59 Å². The van der Waals surface area contributed by atoms with Gasteiger partial charge in [-0.2, -0.15) is 0 Å². The Hall–Kier alpha value is -1.35. The number of carbonyl (C=O) groups excluding carboxylic acids is 2. The highest BCUT2D eigenvalue weighted by atomic mass is 35.5. The number of Topliss-reactive ketones (excluding diaryl/α,β-unsaturated/α-hetero) is 1. The molecule has 3 nitrogen and oxygen atoms in total. The third-order valence-corrected chi connectivity index (χ3v) is 3.92. The summed E-state index contributed by atoms with van der Waals surface area (Å²) < 4.78 is 0. The summed E-state index contributed by atoms with van der Waals surface area (Å²) in [5.41, 5.74) is -0.142. The van der Waals surface area contributed by atoms with Crippen LogP contribution >= 0.6 is 11.6 Å². The average Bonchev–Trinajstić information content (AvgIpc) is 2.82. The molecule has 18 heavy (non-hydrogen) atoms. The van der Waals surface area contributed by atoms with Crippen molar-refractivity contribution in [1.29, 1.82) is 0 Å². The number of hydrogen-bond acceptors (Lipinski definition) is 2. The van der Waals surface area contributed by atoms with Gasteiger partial charge >= 0.3 is 0 Å². The fourth-order valence-electron chi connectivity index (χ4n) is 2.50. The van der Waals surface area contributed by atoms with Crippen molar-refractivity contribution in [3.63, 3.8) is 0 Å². The SMILES string of the molecule is CC(=O)C1(C(=O)Nc2ccc(Cl)cc2)CCCC1. The molecule has 1 N–H and O–H groups in total. The van der Waals surface area contributed by atoms with Crippen LogP contribution in [0, 0.1) is 5.41 Å². The quantitative estimate of drug-likeness (QED) is 0.851. The van der Waals surface area contributed by atoms with Gasteiger partial charge in [0.15, 0.2) is 0 Å². The largest absolute Gasteiger partial charge is 0.325 e. The number of nitrogens with one attached hydrogen (secondary N) is 1. The Morgan fingerprint density at radius 2 is 1.72 bits per heavy atom. The van der Waals surface area contributed by atoms with Crippen LogP contribution in [0.3, 0.4) is 0 Å². The van der Waals surface area contributed by atoms with Crippen molar-refractivity contribution in [2.45, 2.75) is 32.6 Å². The molecule has 0 saturated heterocycles. The number of anilines is 1. The van der Waals surface area contributed by atoms with Gasteiger partial charge in [0, 0.05) is 10.7 Å². The minimum absolute atomic E-state index is 0.0357. The molecule has 0 bridgehead atoms. The minimum Gasteiger partial charge on any atom is -0.325 e. The van der Waals surface area contributed by atoms with Crippen molar-refractivity contribution < 1.29 is 9.59 Å². The van der Waals surface area contributed by atoms with Crippen LogP contribution in [0.1, 0.15) is 32.6 Å². The standard InChI is InChI=1S/C14H16ClNO2/c1-10(17)14(8-2-3-9-14)13(18)16-12-6-4-11(15)5-7-12/h4-7H,2-3,8-9H2,1H3,(H,16,18). The molecule has 1 saturated carbocycles. The number of hydrogen-bond donors (Lipinski definition) is 1. The van der Waals surface area contributed by atoms with Crippen LogP contribution < -0.4 is 5.32 Å². The Bertz CT molecular complexity index is 461. The molecule has 1 aromatic carbocycles. The van der Waals surface area contributed by atoms with Gasteiger partial charge in [0.05, 0.1) is 0 Å². The second-order valence-corrected chi connectivity index (χ2v) is 5.24. The van der Waals surface area contributed by atoms with Crippen LogP contribution in [0.25, 0.3) is 0 Å². The van der Waals surface area contributed by atoms with Crippen LogP contribution in [-0.4, -0.2) is 11.7 Å². The first kappa shape index (κ1) is 13.1. The molecule has 0 unspecified atom stereocenters. The molecule has 0 radical (unpaired) electrons. The summed E-state index contributed by atoms with van der Waals surface area (Å²) in [5, 5.41) is 3.44. The van der Waals surface area contributed by atoms with E-state index in [9.17, 15) is 9.59 Å². The maximum atomic E-state index is 12.3. The fraction of sp³-hybridized carbons (Fsp3) is 0.429. The van der Waals surface area contributed by atoms with E-state index in [1.54, 1.807) is 24.3 Å². The first-order valence-corrected chi connectivity index (χ1v) is 6.50. The van der Waals surface area contributed by atoms with E-state index in [2.05, 4.69) is 5.32 Å². The van der Waals surface area contributed by atoms with Crippen molar-refractivity contribution in [1.82, 2.24) is 0 Å². The molecule has 0 aromatic heterocycles. The summed E-state index contributed by atoms with van der Waals surface area (Å²) in [5.74, 6) is -0.221. The predicted octanol–water partition coefficient (Wildman–Crippen LogP) is 3.43. The number of benzene rings is 1. The van der Waals surface area contributed by atoms with E-state index < -0.39 is 5.41 Å². The van der Waals surface area contributed by atoms with Crippen molar-refractivity contribution >= 4 is 29.0 Å². The van der Waals surface area contributed by atoms with Gasteiger partial charge < -0.3 is 5.32 Å². The number of carbonyl (C=O) groups is 2. The number of rotatable bonds is 3.